The minimum atomic E-state index is -0.353. The van der Waals surface area contributed by atoms with Gasteiger partial charge in [0.1, 0.15) is 0 Å². The highest BCUT2D eigenvalue weighted by molar-refractivity contribution is 5.80. The second-order valence-corrected chi connectivity index (χ2v) is 2.20. The van der Waals surface area contributed by atoms with Crippen molar-refractivity contribution < 1.29 is 5.11 Å². The van der Waals surface area contributed by atoms with Crippen molar-refractivity contribution in [2.24, 2.45) is 4.99 Å². The van der Waals surface area contributed by atoms with Crippen LogP contribution in [0.2, 0.25) is 0 Å². The third kappa shape index (κ3) is 1.64. The average molecular weight is 125 g/mol. The summed E-state index contributed by atoms with van der Waals surface area (Å²) in [5.74, 6) is 0. The molecule has 0 aromatic heterocycles. The van der Waals surface area contributed by atoms with Gasteiger partial charge in [-0.2, -0.15) is 0 Å². The summed E-state index contributed by atoms with van der Waals surface area (Å²) in [6.45, 7) is 2.62. The van der Waals surface area contributed by atoms with Crippen molar-refractivity contribution in [1.29, 1.82) is 0 Å². The van der Waals surface area contributed by atoms with E-state index in [1.54, 1.807) is 13.1 Å². The first-order valence-corrected chi connectivity index (χ1v) is 3.18. The van der Waals surface area contributed by atoms with Crippen LogP contribution in [0.15, 0.2) is 16.6 Å². The number of aliphatic hydroxyl groups excluding tert-OH is 1. The molecule has 2 nitrogen and oxygen atoms in total. The Kier molecular flexibility index (Phi) is 2.01. The van der Waals surface area contributed by atoms with Crippen LogP contribution in [0.1, 0.15) is 13.3 Å². The quantitative estimate of drug-likeness (QED) is 0.551. The van der Waals surface area contributed by atoms with Gasteiger partial charge in [-0.25, -0.2) is 0 Å². The Balaban J connectivity index is 2.58. The van der Waals surface area contributed by atoms with Gasteiger partial charge in [-0.3, -0.25) is 4.99 Å². The molecule has 2 heteroatoms. The molecular weight excluding hydrogens is 114 g/mol. The molecule has 0 aromatic carbocycles. The summed E-state index contributed by atoms with van der Waals surface area (Å²) >= 11 is 0. The molecule has 0 fully saturated rings. The Bertz CT molecular complexity index is 147. The molecule has 0 spiro atoms. The fourth-order valence-corrected chi connectivity index (χ4v) is 0.807. The first-order chi connectivity index (χ1) is 4.30. The second-order valence-electron chi connectivity index (χ2n) is 2.20. The SMILES string of the molecule is CC(O)C1=CCCN=C1. The fraction of sp³-hybridized carbons (Fsp3) is 0.571. The molecule has 1 heterocycles. The van der Waals surface area contributed by atoms with Crippen LogP contribution in [0, 0.1) is 0 Å². The third-order valence-corrected chi connectivity index (χ3v) is 1.36. The maximum absolute atomic E-state index is 9.02. The molecule has 0 amide bonds. The summed E-state index contributed by atoms with van der Waals surface area (Å²) in [6.07, 6.45) is 4.39. The monoisotopic (exact) mass is 125 g/mol. The van der Waals surface area contributed by atoms with Gasteiger partial charge in [-0.05, 0) is 18.9 Å². The van der Waals surface area contributed by atoms with Gasteiger partial charge in [0.25, 0.3) is 0 Å². The zero-order valence-corrected chi connectivity index (χ0v) is 5.54. The van der Waals surface area contributed by atoms with Gasteiger partial charge >= 0.3 is 0 Å². The second kappa shape index (κ2) is 2.78. The molecule has 1 rings (SSSR count). The predicted molar refractivity (Wildman–Crippen MR) is 37.7 cm³/mol. The van der Waals surface area contributed by atoms with Crippen molar-refractivity contribution in [2.75, 3.05) is 6.54 Å². The predicted octanol–water partition coefficient (Wildman–Crippen LogP) is 0.768. The molecule has 0 aromatic rings. The van der Waals surface area contributed by atoms with Crippen LogP contribution in [-0.4, -0.2) is 24.0 Å². The molecule has 1 atom stereocenters. The van der Waals surface area contributed by atoms with Crippen molar-refractivity contribution >= 4 is 6.21 Å². The van der Waals surface area contributed by atoms with E-state index < -0.39 is 0 Å². The Morgan fingerprint density at radius 3 is 2.89 bits per heavy atom. The fourth-order valence-electron chi connectivity index (χ4n) is 0.807. The first-order valence-electron chi connectivity index (χ1n) is 3.18. The normalized spacial score (nSPS) is 21.3. The molecule has 9 heavy (non-hydrogen) atoms. The van der Waals surface area contributed by atoms with E-state index in [9.17, 15) is 0 Å². The minimum Gasteiger partial charge on any atom is -0.389 e. The number of dihydropyridines is 1. The van der Waals surface area contributed by atoms with E-state index in [0.29, 0.717) is 0 Å². The highest BCUT2D eigenvalue weighted by Gasteiger charge is 2.02. The summed E-state index contributed by atoms with van der Waals surface area (Å²) < 4.78 is 0. The van der Waals surface area contributed by atoms with Crippen LogP contribution in [0.25, 0.3) is 0 Å². The zero-order chi connectivity index (χ0) is 6.69. The van der Waals surface area contributed by atoms with E-state index in [1.807, 2.05) is 6.08 Å². The first kappa shape index (κ1) is 6.49. The minimum absolute atomic E-state index is 0.353. The van der Waals surface area contributed by atoms with Gasteiger partial charge in [0.15, 0.2) is 0 Å². The number of rotatable bonds is 1. The summed E-state index contributed by atoms with van der Waals surface area (Å²) in [4.78, 5) is 4.03. The summed E-state index contributed by atoms with van der Waals surface area (Å²) in [5.41, 5.74) is 0.946. The van der Waals surface area contributed by atoms with E-state index in [-0.39, 0.29) is 6.10 Å². The third-order valence-electron chi connectivity index (χ3n) is 1.36. The number of nitrogens with zero attached hydrogens (tertiary/aromatic N) is 1. The average Bonchev–Trinajstić information content (AvgIpc) is 1.90. The van der Waals surface area contributed by atoms with E-state index in [1.165, 1.54) is 0 Å². The standard InChI is InChI=1S/C7H11NO/c1-6(9)7-3-2-4-8-5-7/h3,5-6,9H,2,4H2,1H3. The van der Waals surface area contributed by atoms with Gasteiger partial charge in [-0.1, -0.05) is 6.08 Å². The Morgan fingerprint density at radius 1 is 1.78 bits per heavy atom. The Labute approximate surface area is 54.9 Å². The molecular formula is C7H11NO. The molecule has 0 saturated carbocycles. The van der Waals surface area contributed by atoms with Gasteiger partial charge in [0.05, 0.1) is 6.10 Å². The maximum atomic E-state index is 9.02. The van der Waals surface area contributed by atoms with Crippen molar-refractivity contribution in [2.45, 2.75) is 19.4 Å². The maximum Gasteiger partial charge on any atom is 0.0773 e. The van der Waals surface area contributed by atoms with Gasteiger partial charge < -0.3 is 5.11 Å². The van der Waals surface area contributed by atoms with Gasteiger partial charge in [0.2, 0.25) is 0 Å². The lowest BCUT2D eigenvalue weighted by Crippen LogP contribution is -2.08. The summed E-state index contributed by atoms with van der Waals surface area (Å²) in [6, 6.07) is 0. The number of aliphatic imine (C=N–C) groups is 1. The molecule has 1 unspecified atom stereocenters. The summed E-state index contributed by atoms with van der Waals surface area (Å²) in [7, 11) is 0. The smallest absolute Gasteiger partial charge is 0.0773 e. The molecule has 0 radical (unpaired) electrons. The molecule has 0 saturated heterocycles. The highest BCUT2D eigenvalue weighted by atomic mass is 16.3. The Hall–Kier alpha value is -0.630. The molecule has 0 aliphatic carbocycles. The number of aliphatic hydroxyl groups is 1. The molecule has 1 N–H and O–H groups in total. The largest absolute Gasteiger partial charge is 0.389 e. The van der Waals surface area contributed by atoms with E-state index in [4.69, 9.17) is 5.11 Å². The topological polar surface area (TPSA) is 32.6 Å². The number of hydrogen-bond acceptors (Lipinski definition) is 2. The van der Waals surface area contributed by atoms with Crippen LogP contribution in [-0.2, 0) is 0 Å². The highest BCUT2D eigenvalue weighted by Crippen LogP contribution is 2.04. The molecule has 50 valence electrons. The Morgan fingerprint density at radius 2 is 2.56 bits per heavy atom. The van der Waals surface area contributed by atoms with Crippen LogP contribution < -0.4 is 0 Å². The van der Waals surface area contributed by atoms with Crippen molar-refractivity contribution in [1.82, 2.24) is 0 Å². The van der Waals surface area contributed by atoms with Crippen LogP contribution in [0.3, 0.4) is 0 Å². The summed E-state index contributed by atoms with van der Waals surface area (Å²) in [5, 5.41) is 9.02. The van der Waals surface area contributed by atoms with Crippen molar-refractivity contribution in [3.8, 4) is 0 Å². The molecule has 1 aliphatic rings. The number of hydrogen-bond donors (Lipinski definition) is 1. The lowest BCUT2D eigenvalue weighted by atomic mass is 10.1. The lowest BCUT2D eigenvalue weighted by molar-refractivity contribution is 0.237. The molecule has 1 aliphatic heterocycles. The van der Waals surface area contributed by atoms with E-state index >= 15 is 0 Å². The molecule has 0 bridgehead atoms. The van der Waals surface area contributed by atoms with Crippen LogP contribution >= 0.6 is 0 Å². The van der Waals surface area contributed by atoms with Crippen LogP contribution in [0.4, 0.5) is 0 Å². The lowest BCUT2D eigenvalue weighted by Gasteiger charge is -2.07. The zero-order valence-electron chi connectivity index (χ0n) is 5.54. The van der Waals surface area contributed by atoms with Crippen LogP contribution in [0.5, 0.6) is 0 Å². The van der Waals surface area contributed by atoms with Crippen molar-refractivity contribution in [3.05, 3.63) is 11.6 Å². The van der Waals surface area contributed by atoms with E-state index in [2.05, 4.69) is 4.99 Å². The van der Waals surface area contributed by atoms with Crippen molar-refractivity contribution in [3.63, 3.8) is 0 Å². The van der Waals surface area contributed by atoms with Gasteiger partial charge in [0, 0.05) is 12.8 Å². The van der Waals surface area contributed by atoms with E-state index in [0.717, 1.165) is 18.5 Å². The van der Waals surface area contributed by atoms with Gasteiger partial charge in [-0.15, -0.1) is 0 Å².